The molecule has 0 aromatic carbocycles. The number of hydrogen-bond donors (Lipinski definition) is 2. The van der Waals surface area contributed by atoms with Gasteiger partial charge in [0.1, 0.15) is 0 Å². The molecule has 1 atom stereocenters. The Hall–Kier alpha value is -0.820. The minimum Gasteiger partial charge on any atom is -0.355 e. The number of amides is 1. The quantitative estimate of drug-likeness (QED) is 0.761. The van der Waals surface area contributed by atoms with Crippen molar-refractivity contribution in [3.8, 4) is 0 Å². The van der Waals surface area contributed by atoms with E-state index >= 15 is 0 Å². The molecule has 0 aliphatic carbocycles. The Balaban J connectivity index is 2.30. The Labute approximate surface area is 124 Å². The fourth-order valence-corrected chi connectivity index (χ4v) is 2.43. The van der Waals surface area contributed by atoms with Crippen molar-refractivity contribution in [1.29, 1.82) is 0 Å². The second kappa shape index (κ2) is 7.45. The smallest absolute Gasteiger partial charge is 0.355 e. The standard InChI is InChI=1S/C14H26F3N3O/c1-13(2,3)19-7-6-18-12(21)11-5-4-8-20(9-11)10-14(15,16)17/h11,19H,4-10H2,1-3H3,(H,18,21)/t11-/m0/s1. The zero-order valence-electron chi connectivity index (χ0n) is 13.0. The van der Waals surface area contributed by atoms with Crippen LogP contribution in [0.5, 0.6) is 0 Å². The second-order valence-electron chi connectivity index (χ2n) is 6.66. The van der Waals surface area contributed by atoms with E-state index in [2.05, 4.69) is 10.6 Å². The van der Waals surface area contributed by atoms with Crippen molar-refractivity contribution in [2.24, 2.45) is 5.92 Å². The number of nitrogens with zero attached hydrogens (tertiary/aromatic N) is 1. The molecular formula is C14H26F3N3O. The van der Waals surface area contributed by atoms with E-state index in [1.807, 2.05) is 20.8 Å². The van der Waals surface area contributed by atoms with Gasteiger partial charge in [-0.3, -0.25) is 9.69 Å². The van der Waals surface area contributed by atoms with Crippen LogP contribution in [0.1, 0.15) is 33.6 Å². The summed E-state index contributed by atoms with van der Waals surface area (Å²) < 4.78 is 37.1. The molecule has 124 valence electrons. The van der Waals surface area contributed by atoms with Crippen LogP contribution >= 0.6 is 0 Å². The third-order valence-corrected chi connectivity index (χ3v) is 3.36. The molecule has 1 aliphatic heterocycles. The molecule has 2 N–H and O–H groups in total. The van der Waals surface area contributed by atoms with Crippen molar-refractivity contribution in [3.05, 3.63) is 0 Å². The Morgan fingerprint density at radius 3 is 2.48 bits per heavy atom. The summed E-state index contributed by atoms with van der Waals surface area (Å²) in [6.07, 6.45) is -2.91. The van der Waals surface area contributed by atoms with Crippen LogP contribution in [0.2, 0.25) is 0 Å². The molecule has 1 heterocycles. The number of likely N-dealkylation sites (tertiary alicyclic amines) is 1. The number of carbonyl (C=O) groups is 1. The van der Waals surface area contributed by atoms with Crippen LogP contribution in [0.25, 0.3) is 0 Å². The van der Waals surface area contributed by atoms with Gasteiger partial charge in [-0.15, -0.1) is 0 Å². The van der Waals surface area contributed by atoms with E-state index in [4.69, 9.17) is 0 Å². The molecule has 0 saturated carbocycles. The molecule has 1 aliphatic rings. The summed E-state index contributed by atoms with van der Waals surface area (Å²) in [6.45, 7) is 6.91. The van der Waals surface area contributed by atoms with Crippen molar-refractivity contribution < 1.29 is 18.0 Å². The predicted molar refractivity (Wildman–Crippen MR) is 76.0 cm³/mol. The lowest BCUT2D eigenvalue weighted by atomic mass is 9.97. The number of nitrogens with one attached hydrogen (secondary N) is 2. The molecule has 21 heavy (non-hydrogen) atoms. The number of piperidine rings is 1. The molecule has 1 fully saturated rings. The van der Waals surface area contributed by atoms with Gasteiger partial charge in [0.25, 0.3) is 0 Å². The van der Waals surface area contributed by atoms with Gasteiger partial charge in [-0.05, 0) is 40.2 Å². The first-order valence-corrected chi connectivity index (χ1v) is 7.39. The van der Waals surface area contributed by atoms with Gasteiger partial charge in [-0.2, -0.15) is 13.2 Å². The molecule has 0 aromatic rings. The zero-order valence-corrected chi connectivity index (χ0v) is 13.0. The summed E-state index contributed by atoms with van der Waals surface area (Å²) in [5.41, 5.74) is -0.0148. The van der Waals surface area contributed by atoms with Gasteiger partial charge in [0.15, 0.2) is 0 Å². The Morgan fingerprint density at radius 1 is 1.24 bits per heavy atom. The summed E-state index contributed by atoms with van der Waals surface area (Å²) in [6, 6.07) is 0. The van der Waals surface area contributed by atoms with Crippen LogP contribution in [-0.2, 0) is 4.79 Å². The second-order valence-corrected chi connectivity index (χ2v) is 6.66. The van der Waals surface area contributed by atoms with E-state index < -0.39 is 12.7 Å². The monoisotopic (exact) mass is 309 g/mol. The molecule has 7 heteroatoms. The van der Waals surface area contributed by atoms with Gasteiger partial charge < -0.3 is 10.6 Å². The summed E-state index contributed by atoms with van der Waals surface area (Å²) >= 11 is 0. The molecule has 4 nitrogen and oxygen atoms in total. The summed E-state index contributed by atoms with van der Waals surface area (Å²) in [5.74, 6) is -0.478. The van der Waals surface area contributed by atoms with Gasteiger partial charge in [0.05, 0.1) is 12.5 Å². The maximum Gasteiger partial charge on any atom is 0.401 e. The minimum absolute atomic E-state index is 0.0148. The fourth-order valence-electron chi connectivity index (χ4n) is 2.43. The highest BCUT2D eigenvalue weighted by atomic mass is 19.4. The van der Waals surface area contributed by atoms with E-state index in [1.54, 1.807) is 0 Å². The van der Waals surface area contributed by atoms with Gasteiger partial charge >= 0.3 is 6.18 Å². The summed E-state index contributed by atoms with van der Waals surface area (Å²) in [7, 11) is 0. The minimum atomic E-state index is -4.20. The van der Waals surface area contributed by atoms with Crippen LogP contribution in [0.3, 0.4) is 0 Å². The van der Waals surface area contributed by atoms with Gasteiger partial charge in [-0.1, -0.05) is 0 Å². The predicted octanol–water partition coefficient (Wildman–Crippen LogP) is 1.76. The van der Waals surface area contributed by atoms with Crippen molar-refractivity contribution in [2.45, 2.75) is 45.3 Å². The third-order valence-electron chi connectivity index (χ3n) is 3.36. The van der Waals surface area contributed by atoms with E-state index in [-0.39, 0.29) is 23.9 Å². The van der Waals surface area contributed by atoms with E-state index in [1.165, 1.54) is 4.90 Å². The maximum atomic E-state index is 12.4. The van der Waals surface area contributed by atoms with Crippen LogP contribution in [0.4, 0.5) is 13.2 Å². The van der Waals surface area contributed by atoms with Crippen LogP contribution in [0.15, 0.2) is 0 Å². The molecule has 1 rings (SSSR count). The number of halogens is 3. The van der Waals surface area contributed by atoms with Crippen LogP contribution in [-0.4, -0.2) is 55.2 Å². The topological polar surface area (TPSA) is 44.4 Å². The molecule has 1 amide bonds. The average molecular weight is 309 g/mol. The molecule has 0 bridgehead atoms. The lowest BCUT2D eigenvalue weighted by Gasteiger charge is -2.32. The highest BCUT2D eigenvalue weighted by Gasteiger charge is 2.34. The summed E-state index contributed by atoms with van der Waals surface area (Å²) in [5, 5.41) is 6.05. The molecular weight excluding hydrogens is 283 g/mol. The normalized spacial score (nSPS) is 21.3. The van der Waals surface area contributed by atoms with Gasteiger partial charge in [0, 0.05) is 25.2 Å². The largest absolute Gasteiger partial charge is 0.401 e. The highest BCUT2D eigenvalue weighted by Crippen LogP contribution is 2.22. The van der Waals surface area contributed by atoms with Crippen molar-refractivity contribution in [3.63, 3.8) is 0 Å². The van der Waals surface area contributed by atoms with Crippen LogP contribution in [0, 0.1) is 5.92 Å². The van der Waals surface area contributed by atoms with E-state index in [0.29, 0.717) is 32.5 Å². The zero-order chi connectivity index (χ0) is 16.1. The fraction of sp³-hybridized carbons (Fsp3) is 0.929. The van der Waals surface area contributed by atoms with Gasteiger partial charge in [-0.25, -0.2) is 0 Å². The number of alkyl halides is 3. The number of hydrogen-bond acceptors (Lipinski definition) is 3. The molecule has 0 aromatic heterocycles. The maximum absolute atomic E-state index is 12.4. The first kappa shape index (κ1) is 18.2. The molecule has 0 spiro atoms. The number of rotatable bonds is 5. The van der Waals surface area contributed by atoms with E-state index in [0.717, 1.165) is 0 Å². The highest BCUT2D eigenvalue weighted by molar-refractivity contribution is 5.78. The molecule has 0 unspecified atom stereocenters. The average Bonchev–Trinajstić information content (AvgIpc) is 2.31. The Bertz CT molecular complexity index is 339. The van der Waals surface area contributed by atoms with Crippen molar-refractivity contribution in [1.82, 2.24) is 15.5 Å². The molecule has 1 saturated heterocycles. The summed E-state index contributed by atoms with van der Waals surface area (Å²) in [4.78, 5) is 13.3. The van der Waals surface area contributed by atoms with Crippen LogP contribution < -0.4 is 10.6 Å². The third kappa shape index (κ3) is 8.26. The van der Waals surface area contributed by atoms with Crippen molar-refractivity contribution >= 4 is 5.91 Å². The lowest BCUT2D eigenvalue weighted by molar-refractivity contribution is -0.152. The lowest BCUT2D eigenvalue weighted by Crippen LogP contribution is -2.47. The number of carbonyl (C=O) groups excluding carboxylic acids is 1. The SMILES string of the molecule is CC(C)(C)NCCNC(=O)[C@H]1CCCN(CC(F)(F)F)C1. The Kier molecular flexibility index (Phi) is 6.46. The Morgan fingerprint density at radius 2 is 1.90 bits per heavy atom. The van der Waals surface area contributed by atoms with E-state index in [9.17, 15) is 18.0 Å². The van der Waals surface area contributed by atoms with Crippen molar-refractivity contribution in [2.75, 3.05) is 32.7 Å². The van der Waals surface area contributed by atoms with Gasteiger partial charge in [0.2, 0.25) is 5.91 Å². The first-order valence-electron chi connectivity index (χ1n) is 7.39. The molecule has 0 radical (unpaired) electrons. The first-order chi connectivity index (χ1) is 9.57.